The Hall–Kier alpha value is -5.88. The molecular weight excluding hydrogens is 554 g/mol. The van der Waals surface area contributed by atoms with Crippen LogP contribution < -0.4 is 0 Å². The SMILES string of the molecule is CC1(C)c2ccccc2C(=O)n2c1nc1cc3c(cc12)c1ccccc1n3-c1cc(-c2ccccc2)nc(-c2ccccc2)n1. The summed E-state index contributed by atoms with van der Waals surface area (Å²) in [6.45, 7) is 4.28. The third-order valence-corrected chi connectivity index (χ3v) is 9.08. The van der Waals surface area contributed by atoms with Crippen molar-refractivity contribution in [3.8, 4) is 28.5 Å². The van der Waals surface area contributed by atoms with E-state index in [0.717, 1.165) is 72.4 Å². The van der Waals surface area contributed by atoms with Crippen molar-refractivity contribution in [2.75, 3.05) is 0 Å². The van der Waals surface area contributed by atoms with Crippen LogP contribution in [0, 0.1) is 0 Å². The van der Waals surface area contributed by atoms with E-state index in [1.54, 1.807) is 0 Å². The molecule has 0 spiro atoms. The zero-order valence-electron chi connectivity index (χ0n) is 24.8. The summed E-state index contributed by atoms with van der Waals surface area (Å²) in [6.07, 6.45) is 0. The fraction of sp³-hybridized carbons (Fsp3) is 0.0769. The first-order valence-corrected chi connectivity index (χ1v) is 15.1. The summed E-state index contributed by atoms with van der Waals surface area (Å²) in [4.78, 5) is 29.2. The van der Waals surface area contributed by atoms with Gasteiger partial charge in [-0.25, -0.2) is 15.0 Å². The van der Waals surface area contributed by atoms with Crippen LogP contribution in [0.1, 0.15) is 35.6 Å². The highest BCUT2D eigenvalue weighted by atomic mass is 16.2. The van der Waals surface area contributed by atoms with E-state index in [4.69, 9.17) is 15.0 Å². The molecule has 8 aromatic rings. The zero-order chi connectivity index (χ0) is 30.3. The van der Waals surface area contributed by atoms with Crippen LogP contribution in [0.4, 0.5) is 0 Å². The Labute approximate surface area is 259 Å². The maximum Gasteiger partial charge on any atom is 0.264 e. The van der Waals surface area contributed by atoms with Gasteiger partial charge in [-0.1, -0.05) is 97.1 Å². The first-order chi connectivity index (χ1) is 22.0. The molecule has 3 aromatic heterocycles. The van der Waals surface area contributed by atoms with Crippen molar-refractivity contribution in [3.05, 3.63) is 144 Å². The highest BCUT2D eigenvalue weighted by Gasteiger charge is 2.39. The number of fused-ring (bicyclic) bond motifs is 7. The lowest BCUT2D eigenvalue weighted by molar-refractivity contribution is 0.0948. The molecule has 0 aliphatic carbocycles. The van der Waals surface area contributed by atoms with Crippen molar-refractivity contribution in [3.63, 3.8) is 0 Å². The van der Waals surface area contributed by atoms with Gasteiger partial charge in [0.25, 0.3) is 5.91 Å². The number of hydrogen-bond acceptors (Lipinski definition) is 4. The number of hydrogen-bond donors (Lipinski definition) is 0. The second-order valence-corrected chi connectivity index (χ2v) is 12.1. The molecule has 4 heterocycles. The molecule has 0 amide bonds. The van der Waals surface area contributed by atoms with E-state index in [2.05, 4.69) is 66.9 Å². The van der Waals surface area contributed by atoms with Gasteiger partial charge in [0, 0.05) is 38.9 Å². The molecule has 1 aliphatic rings. The fourth-order valence-corrected chi connectivity index (χ4v) is 6.89. The average Bonchev–Trinajstić information content (AvgIpc) is 3.63. The number of benzene rings is 5. The lowest BCUT2D eigenvalue weighted by atomic mass is 9.78. The summed E-state index contributed by atoms with van der Waals surface area (Å²) in [5.74, 6) is 2.13. The molecule has 45 heavy (non-hydrogen) atoms. The van der Waals surface area contributed by atoms with Crippen LogP contribution in [0.25, 0.3) is 61.3 Å². The highest BCUT2D eigenvalue weighted by Crippen LogP contribution is 2.42. The van der Waals surface area contributed by atoms with E-state index < -0.39 is 5.41 Å². The summed E-state index contributed by atoms with van der Waals surface area (Å²) in [7, 11) is 0. The van der Waals surface area contributed by atoms with Gasteiger partial charge in [0.2, 0.25) is 0 Å². The smallest absolute Gasteiger partial charge is 0.264 e. The normalized spacial score (nSPS) is 13.8. The Bertz CT molecular complexity index is 2410. The van der Waals surface area contributed by atoms with Crippen LogP contribution in [-0.2, 0) is 5.41 Å². The third kappa shape index (κ3) is 3.69. The topological polar surface area (TPSA) is 65.6 Å². The Morgan fingerprint density at radius 3 is 2.07 bits per heavy atom. The van der Waals surface area contributed by atoms with Crippen molar-refractivity contribution in [1.29, 1.82) is 0 Å². The molecule has 0 bridgehead atoms. The number of aromatic nitrogens is 5. The monoisotopic (exact) mass is 581 g/mol. The second-order valence-electron chi connectivity index (χ2n) is 12.1. The fourth-order valence-electron chi connectivity index (χ4n) is 6.89. The Morgan fingerprint density at radius 2 is 1.27 bits per heavy atom. The van der Waals surface area contributed by atoms with Crippen molar-refractivity contribution in [2.45, 2.75) is 19.3 Å². The van der Waals surface area contributed by atoms with Crippen molar-refractivity contribution in [1.82, 2.24) is 24.1 Å². The van der Waals surface area contributed by atoms with Crippen LogP contribution in [0.5, 0.6) is 0 Å². The number of carbonyl (C=O) groups excluding carboxylic acids is 1. The minimum atomic E-state index is -0.437. The molecule has 6 heteroatoms. The predicted octanol–water partition coefficient (Wildman–Crippen LogP) is 8.59. The van der Waals surface area contributed by atoms with E-state index in [1.807, 2.05) is 83.4 Å². The van der Waals surface area contributed by atoms with Gasteiger partial charge in [-0.15, -0.1) is 0 Å². The summed E-state index contributed by atoms with van der Waals surface area (Å²) in [5.41, 5.74) is 7.67. The van der Waals surface area contributed by atoms with Crippen molar-refractivity contribution < 1.29 is 4.79 Å². The molecule has 5 aromatic carbocycles. The summed E-state index contributed by atoms with van der Waals surface area (Å²) < 4.78 is 4.01. The number of imidazole rings is 1. The van der Waals surface area contributed by atoms with Gasteiger partial charge in [-0.2, -0.15) is 0 Å². The predicted molar refractivity (Wildman–Crippen MR) is 179 cm³/mol. The van der Waals surface area contributed by atoms with E-state index in [1.165, 1.54) is 0 Å². The molecule has 0 radical (unpaired) electrons. The number of nitrogens with zero attached hydrogens (tertiary/aromatic N) is 5. The first-order valence-electron chi connectivity index (χ1n) is 15.1. The Morgan fingerprint density at radius 1 is 0.578 bits per heavy atom. The summed E-state index contributed by atoms with van der Waals surface area (Å²) in [6, 6.07) is 42.8. The molecule has 9 rings (SSSR count). The van der Waals surface area contributed by atoms with Gasteiger partial charge >= 0.3 is 0 Å². The molecule has 214 valence electrons. The third-order valence-electron chi connectivity index (χ3n) is 9.08. The molecule has 6 nitrogen and oxygen atoms in total. The Balaban J connectivity index is 1.35. The first kappa shape index (κ1) is 25.6. The van der Waals surface area contributed by atoms with E-state index in [9.17, 15) is 4.79 Å². The molecule has 0 atom stereocenters. The molecule has 0 saturated carbocycles. The maximum atomic E-state index is 13.9. The Kier molecular flexibility index (Phi) is 5.30. The lowest BCUT2D eigenvalue weighted by Gasteiger charge is -2.31. The van der Waals surface area contributed by atoms with Crippen LogP contribution in [0.15, 0.2) is 127 Å². The lowest BCUT2D eigenvalue weighted by Crippen LogP contribution is -2.35. The molecule has 0 fully saturated rings. The second kappa shape index (κ2) is 9.31. The van der Waals surface area contributed by atoms with Gasteiger partial charge in [0.15, 0.2) is 5.82 Å². The molecule has 0 saturated heterocycles. The van der Waals surface area contributed by atoms with E-state index >= 15 is 0 Å². The average molecular weight is 582 g/mol. The van der Waals surface area contributed by atoms with Gasteiger partial charge in [-0.05, 0) is 43.7 Å². The minimum Gasteiger partial charge on any atom is -0.294 e. The number of rotatable bonds is 3. The quantitative estimate of drug-likeness (QED) is 0.210. The van der Waals surface area contributed by atoms with Gasteiger partial charge in [0.1, 0.15) is 11.6 Å². The largest absolute Gasteiger partial charge is 0.294 e. The summed E-state index contributed by atoms with van der Waals surface area (Å²) >= 11 is 0. The van der Waals surface area contributed by atoms with Crippen LogP contribution in [0.2, 0.25) is 0 Å². The van der Waals surface area contributed by atoms with E-state index in [0.29, 0.717) is 5.82 Å². The molecule has 1 aliphatic heterocycles. The van der Waals surface area contributed by atoms with E-state index in [-0.39, 0.29) is 5.91 Å². The maximum absolute atomic E-state index is 13.9. The number of carbonyl (C=O) groups is 1. The molecular formula is C39H27N5O. The van der Waals surface area contributed by atoms with Crippen LogP contribution >= 0.6 is 0 Å². The highest BCUT2D eigenvalue weighted by molar-refractivity contribution is 6.14. The zero-order valence-corrected chi connectivity index (χ0v) is 24.8. The van der Waals surface area contributed by atoms with Gasteiger partial charge in [-0.3, -0.25) is 13.9 Å². The van der Waals surface area contributed by atoms with Crippen LogP contribution in [-0.4, -0.2) is 30.0 Å². The minimum absolute atomic E-state index is 0.0404. The standard InChI is InChI=1S/C39H27N5O/c1-39(2)29-19-11-9-18-27(29)37(45)44-34-21-28-26-17-10-12-20-32(26)43(33(28)22-31(34)41-38(39)44)35-23-30(24-13-5-3-6-14-24)40-36(42-35)25-15-7-4-8-16-25/h3-23H,1-2H3. The van der Waals surface area contributed by atoms with Crippen molar-refractivity contribution >= 4 is 38.7 Å². The molecule has 0 unspecified atom stereocenters. The van der Waals surface area contributed by atoms with Gasteiger partial charge < -0.3 is 0 Å². The van der Waals surface area contributed by atoms with Crippen molar-refractivity contribution in [2.24, 2.45) is 0 Å². The number of para-hydroxylation sites is 1. The van der Waals surface area contributed by atoms with Gasteiger partial charge in [0.05, 0.1) is 27.8 Å². The summed E-state index contributed by atoms with van der Waals surface area (Å²) in [5, 5.41) is 2.11. The van der Waals surface area contributed by atoms with Crippen LogP contribution in [0.3, 0.4) is 0 Å². The molecule has 0 N–H and O–H groups in total.